The molecule has 0 unspecified atom stereocenters. The molecule has 3 atom stereocenters. The van der Waals surface area contributed by atoms with Crippen LogP contribution in [-0.4, -0.2) is 68.7 Å². The number of Topliss-reactive ketones (excluding diaryl/α,β-unsaturated/α-hetero) is 2. The molecule has 174 valence electrons. The lowest BCUT2D eigenvalue weighted by molar-refractivity contribution is -0.145. The average Bonchev–Trinajstić information content (AvgIpc) is 2.57. The highest BCUT2D eigenvalue weighted by atomic mass is 16.4. The zero-order chi connectivity index (χ0) is 24.3. The van der Waals surface area contributed by atoms with Crippen LogP contribution in [0.1, 0.15) is 52.9 Å². The van der Waals surface area contributed by atoms with E-state index in [0.717, 1.165) is 6.92 Å². The van der Waals surface area contributed by atoms with Gasteiger partial charge in [0.15, 0.2) is 5.78 Å². The van der Waals surface area contributed by atoms with E-state index in [1.807, 2.05) is 0 Å². The van der Waals surface area contributed by atoms with Crippen LogP contribution in [0.25, 0.3) is 0 Å². The molecule has 0 heterocycles. The van der Waals surface area contributed by atoms with Crippen LogP contribution in [0.3, 0.4) is 0 Å². The van der Waals surface area contributed by atoms with Gasteiger partial charge < -0.3 is 30.7 Å². The second-order valence-corrected chi connectivity index (χ2v) is 7.49. The number of ketones is 2. The van der Waals surface area contributed by atoms with Gasteiger partial charge in [0, 0.05) is 18.9 Å². The Labute approximate surface area is 178 Å². The highest BCUT2D eigenvalue weighted by Crippen LogP contribution is 2.15. The van der Waals surface area contributed by atoms with Crippen molar-refractivity contribution in [1.82, 2.24) is 10.6 Å². The number of hydrogen-bond donors (Lipinski definition) is 5. The van der Waals surface area contributed by atoms with Crippen LogP contribution < -0.4 is 10.6 Å². The second-order valence-electron chi connectivity index (χ2n) is 7.49. The molecule has 0 fully saturated rings. The number of nitrogens with one attached hydrogen (secondary N) is 2. The Balaban J connectivity index is 5.55. The summed E-state index contributed by atoms with van der Waals surface area (Å²) in [5.74, 6) is -9.89. The van der Waals surface area contributed by atoms with E-state index in [0.29, 0.717) is 0 Å². The Bertz CT molecular complexity index is 715. The summed E-state index contributed by atoms with van der Waals surface area (Å²) in [5, 5.41) is 31.6. The fourth-order valence-corrected chi connectivity index (χ4v) is 2.78. The van der Waals surface area contributed by atoms with Gasteiger partial charge in [0.1, 0.15) is 5.78 Å². The van der Waals surface area contributed by atoms with Gasteiger partial charge in [-0.3, -0.25) is 28.8 Å². The van der Waals surface area contributed by atoms with Crippen molar-refractivity contribution in [3.05, 3.63) is 0 Å². The number of carbonyl (C=O) groups is 7. The highest BCUT2D eigenvalue weighted by Gasteiger charge is 2.33. The predicted molar refractivity (Wildman–Crippen MR) is 104 cm³/mol. The SMILES string of the molecule is CC(=O)C[C@@H](CC(=O)O)C(=O)N[C@@H](CC(=O)O)C(=O)C[C@@H](CC(=O)O)C(=O)NC(C)C. The van der Waals surface area contributed by atoms with Crippen LogP contribution in [0.5, 0.6) is 0 Å². The summed E-state index contributed by atoms with van der Waals surface area (Å²) in [4.78, 5) is 81.7. The van der Waals surface area contributed by atoms with Gasteiger partial charge in [-0.05, 0) is 20.8 Å². The van der Waals surface area contributed by atoms with Crippen LogP contribution in [0.15, 0.2) is 0 Å². The Kier molecular flexibility index (Phi) is 11.7. The van der Waals surface area contributed by atoms with E-state index in [9.17, 15) is 33.6 Å². The summed E-state index contributed by atoms with van der Waals surface area (Å²) in [6.45, 7) is 4.40. The standard InChI is InChI=1S/C19H28N2O10/c1-9(2)20-18(30)12(7-16(26)27)5-14(23)13(8-17(28)29)21-19(31)11(4-10(3)22)6-15(24)25/h9,11-13H,4-8H2,1-3H3,(H,20,30)(H,21,31)(H,24,25)(H,26,27)(H,28,29)/t11-,12-,13-/m0/s1. The number of aliphatic carboxylic acids is 3. The number of amides is 2. The first-order valence-electron chi connectivity index (χ1n) is 9.51. The first kappa shape index (κ1) is 27.7. The third kappa shape index (κ3) is 12.1. The molecule has 0 aliphatic carbocycles. The van der Waals surface area contributed by atoms with Gasteiger partial charge in [0.05, 0.1) is 37.1 Å². The normalized spacial score (nSPS) is 13.5. The zero-order valence-corrected chi connectivity index (χ0v) is 17.5. The summed E-state index contributed by atoms with van der Waals surface area (Å²) in [6, 6.07) is -1.96. The summed E-state index contributed by atoms with van der Waals surface area (Å²) >= 11 is 0. The summed E-state index contributed by atoms with van der Waals surface area (Å²) in [6.07, 6.45) is -3.35. The molecule has 0 spiro atoms. The molecule has 12 heteroatoms. The maximum atomic E-state index is 12.6. The molecular weight excluding hydrogens is 416 g/mol. The fraction of sp³-hybridized carbons (Fsp3) is 0.632. The largest absolute Gasteiger partial charge is 0.481 e. The highest BCUT2D eigenvalue weighted by molar-refractivity contribution is 5.97. The Morgan fingerprint density at radius 1 is 0.645 bits per heavy atom. The lowest BCUT2D eigenvalue weighted by atomic mass is 9.92. The van der Waals surface area contributed by atoms with Crippen LogP contribution in [0.2, 0.25) is 0 Å². The van der Waals surface area contributed by atoms with E-state index < -0.39 is 91.3 Å². The van der Waals surface area contributed by atoms with Crippen LogP contribution in [0.4, 0.5) is 0 Å². The first-order valence-corrected chi connectivity index (χ1v) is 9.51. The van der Waals surface area contributed by atoms with Crippen molar-refractivity contribution in [2.24, 2.45) is 11.8 Å². The number of rotatable bonds is 15. The van der Waals surface area contributed by atoms with Crippen molar-refractivity contribution in [3.8, 4) is 0 Å². The molecule has 0 saturated heterocycles. The third-order valence-corrected chi connectivity index (χ3v) is 4.08. The van der Waals surface area contributed by atoms with Gasteiger partial charge in [0.25, 0.3) is 0 Å². The Morgan fingerprint density at radius 3 is 1.45 bits per heavy atom. The lowest BCUT2D eigenvalue weighted by Gasteiger charge is -2.22. The monoisotopic (exact) mass is 444 g/mol. The van der Waals surface area contributed by atoms with E-state index in [2.05, 4.69) is 10.6 Å². The summed E-state index contributed by atoms with van der Waals surface area (Å²) < 4.78 is 0. The van der Waals surface area contributed by atoms with E-state index in [1.165, 1.54) is 0 Å². The third-order valence-electron chi connectivity index (χ3n) is 4.08. The topological polar surface area (TPSA) is 204 Å². The molecular formula is C19H28N2O10. The molecule has 0 aliphatic heterocycles. The molecule has 0 bridgehead atoms. The van der Waals surface area contributed by atoms with Gasteiger partial charge >= 0.3 is 17.9 Å². The molecule has 0 aliphatic rings. The maximum Gasteiger partial charge on any atom is 0.305 e. The second kappa shape index (κ2) is 13.1. The zero-order valence-electron chi connectivity index (χ0n) is 17.5. The maximum absolute atomic E-state index is 12.6. The Morgan fingerprint density at radius 2 is 1.06 bits per heavy atom. The molecule has 0 aromatic rings. The van der Waals surface area contributed by atoms with Crippen LogP contribution in [0, 0.1) is 11.8 Å². The molecule has 0 rings (SSSR count). The molecule has 2 amide bonds. The minimum atomic E-state index is -1.63. The van der Waals surface area contributed by atoms with E-state index in [4.69, 9.17) is 15.3 Å². The number of hydrogen-bond acceptors (Lipinski definition) is 7. The van der Waals surface area contributed by atoms with Crippen molar-refractivity contribution in [3.63, 3.8) is 0 Å². The molecule has 0 radical (unpaired) electrons. The number of carbonyl (C=O) groups excluding carboxylic acids is 4. The van der Waals surface area contributed by atoms with Crippen molar-refractivity contribution in [2.75, 3.05) is 0 Å². The van der Waals surface area contributed by atoms with Gasteiger partial charge in [-0.25, -0.2) is 0 Å². The predicted octanol–water partition coefficient (Wildman–Crippen LogP) is -0.409. The van der Waals surface area contributed by atoms with Crippen molar-refractivity contribution < 1.29 is 48.9 Å². The average molecular weight is 444 g/mol. The molecule has 0 aromatic carbocycles. The minimum Gasteiger partial charge on any atom is -0.481 e. The van der Waals surface area contributed by atoms with Crippen LogP contribution >= 0.6 is 0 Å². The number of carboxylic acids is 3. The van der Waals surface area contributed by atoms with E-state index in [-0.39, 0.29) is 6.04 Å². The lowest BCUT2D eigenvalue weighted by Crippen LogP contribution is -2.47. The van der Waals surface area contributed by atoms with Gasteiger partial charge in [-0.1, -0.05) is 0 Å². The van der Waals surface area contributed by atoms with Crippen LogP contribution in [-0.2, 0) is 33.6 Å². The van der Waals surface area contributed by atoms with Gasteiger partial charge in [-0.2, -0.15) is 0 Å². The summed E-state index contributed by atoms with van der Waals surface area (Å²) in [7, 11) is 0. The fourth-order valence-electron chi connectivity index (χ4n) is 2.78. The number of carboxylic acid groups (broad SMARTS) is 3. The van der Waals surface area contributed by atoms with Crippen molar-refractivity contribution >= 4 is 41.3 Å². The van der Waals surface area contributed by atoms with Crippen molar-refractivity contribution in [2.45, 2.75) is 65.0 Å². The quantitative estimate of drug-likeness (QED) is 0.221. The Hall–Kier alpha value is -3.31. The van der Waals surface area contributed by atoms with Gasteiger partial charge in [0.2, 0.25) is 11.8 Å². The first-order chi connectivity index (χ1) is 14.2. The van der Waals surface area contributed by atoms with Gasteiger partial charge in [-0.15, -0.1) is 0 Å². The van der Waals surface area contributed by atoms with E-state index >= 15 is 0 Å². The molecule has 12 nitrogen and oxygen atoms in total. The molecule has 5 N–H and O–H groups in total. The smallest absolute Gasteiger partial charge is 0.305 e. The van der Waals surface area contributed by atoms with Crippen molar-refractivity contribution in [1.29, 1.82) is 0 Å². The molecule has 0 aromatic heterocycles. The summed E-state index contributed by atoms with van der Waals surface area (Å²) in [5.41, 5.74) is 0. The molecule has 0 saturated carbocycles. The molecule has 31 heavy (non-hydrogen) atoms. The van der Waals surface area contributed by atoms with E-state index in [1.54, 1.807) is 13.8 Å². The minimum absolute atomic E-state index is 0.336.